The van der Waals surface area contributed by atoms with E-state index in [-0.39, 0.29) is 5.82 Å². The summed E-state index contributed by atoms with van der Waals surface area (Å²) in [5.74, 6) is 0.518. The van der Waals surface area contributed by atoms with E-state index in [1.165, 1.54) is 12.1 Å². The fourth-order valence-corrected chi connectivity index (χ4v) is 1.86. The summed E-state index contributed by atoms with van der Waals surface area (Å²) in [6.45, 7) is 0. The number of rotatable bonds is 2. The lowest BCUT2D eigenvalue weighted by atomic mass is 10.2. The van der Waals surface area contributed by atoms with E-state index in [1.54, 1.807) is 17.9 Å². The molecule has 90 valence electrons. The van der Waals surface area contributed by atoms with Crippen molar-refractivity contribution < 1.29 is 9.13 Å². The van der Waals surface area contributed by atoms with Crippen molar-refractivity contribution in [1.82, 2.24) is 9.78 Å². The predicted octanol–water partition coefficient (Wildman–Crippen LogP) is 3.17. The largest absolute Gasteiger partial charge is 0.497 e. The van der Waals surface area contributed by atoms with Gasteiger partial charge in [0.05, 0.1) is 18.3 Å². The molecule has 1 aromatic heterocycles. The first-order valence-electron chi connectivity index (χ1n) is 5.55. The van der Waals surface area contributed by atoms with Crippen molar-refractivity contribution in [3.05, 3.63) is 54.5 Å². The van der Waals surface area contributed by atoms with E-state index < -0.39 is 0 Å². The van der Waals surface area contributed by atoms with Crippen LogP contribution in [0.15, 0.2) is 48.7 Å². The molecule has 0 aliphatic heterocycles. The molecule has 0 amide bonds. The smallest absolute Gasteiger partial charge is 0.125 e. The number of hydrogen-bond donors (Lipinski definition) is 0. The maximum absolute atomic E-state index is 13.1. The highest BCUT2D eigenvalue weighted by Gasteiger charge is 2.03. The SMILES string of the molecule is COc1ccc(-n2cc3ccc(F)cc3n2)cc1. The molecule has 18 heavy (non-hydrogen) atoms. The Labute approximate surface area is 103 Å². The second kappa shape index (κ2) is 4.14. The molecule has 3 rings (SSSR count). The number of benzene rings is 2. The summed E-state index contributed by atoms with van der Waals surface area (Å²) in [5, 5.41) is 5.24. The van der Waals surface area contributed by atoms with Gasteiger partial charge in [-0.15, -0.1) is 0 Å². The molecule has 0 saturated heterocycles. The molecule has 2 aromatic carbocycles. The van der Waals surface area contributed by atoms with Gasteiger partial charge in [-0.1, -0.05) is 0 Å². The van der Waals surface area contributed by atoms with Gasteiger partial charge in [-0.2, -0.15) is 5.10 Å². The van der Waals surface area contributed by atoms with Crippen LogP contribution in [-0.2, 0) is 0 Å². The second-order valence-electron chi connectivity index (χ2n) is 3.97. The van der Waals surface area contributed by atoms with Gasteiger partial charge in [0.1, 0.15) is 11.6 Å². The van der Waals surface area contributed by atoms with E-state index in [4.69, 9.17) is 4.74 Å². The Kier molecular flexibility index (Phi) is 2.48. The van der Waals surface area contributed by atoms with E-state index in [0.717, 1.165) is 16.8 Å². The van der Waals surface area contributed by atoms with Crippen LogP contribution >= 0.6 is 0 Å². The fraction of sp³-hybridized carbons (Fsp3) is 0.0714. The fourth-order valence-electron chi connectivity index (χ4n) is 1.86. The highest BCUT2D eigenvalue weighted by Crippen LogP contribution is 2.18. The molecule has 0 aliphatic rings. The monoisotopic (exact) mass is 242 g/mol. The molecule has 3 aromatic rings. The van der Waals surface area contributed by atoms with Gasteiger partial charge in [0.2, 0.25) is 0 Å². The number of methoxy groups -OCH3 is 1. The Morgan fingerprint density at radius 2 is 1.89 bits per heavy atom. The number of nitrogens with zero attached hydrogens (tertiary/aromatic N) is 2. The molecule has 1 heterocycles. The molecule has 0 saturated carbocycles. The first-order valence-corrected chi connectivity index (χ1v) is 5.55. The number of fused-ring (bicyclic) bond motifs is 1. The highest BCUT2D eigenvalue weighted by atomic mass is 19.1. The zero-order valence-electron chi connectivity index (χ0n) is 9.80. The van der Waals surface area contributed by atoms with Crippen LogP contribution in [0.5, 0.6) is 5.75 Å². The third kappa shape index (κ3) is 1.82. The van der Waals surface area contributed by atoms with Crippen LogP contribution < -0.4 is 4.74 Å². The van der Waals surface area contributed by atoms with Crippen molar-refractivity contribution in [2.24, 2.45) is 0 Å². The van der Waals surface area contributed by atoms with Crippen LogP contribution in [0.1, 0.15) is 0 Å². The lowest BCUT2D eigenvalue weighted by Crippen LogP contribution is -1.94. The molecular formula is C14H11FN2O. The van der Waals surface area contributed by atoms with Gasteiger partial charge >= 0.3 is 0 Å². The van der Waals surface area contributed by atoms with Gasteiger partial charge in [0.15, 0.2) is 0 Å². The Bertz CT molecular complexity index is 689. The standard InChI is InChI=1S/C14H11FN2O/c1-18-13-6-4-12(5-7-13)17-9-10-2-3-11(15)8-14(10)16-17/h2-9H,1H3. The van der Waals surface area contributed by atoms with E-state index in [1.807, 2.05) is 30.5 Å². The summed E-state index contributed by atoms with van der Waals surface area (Å²) >= 11 is 0. The third-order valence-corrected chi connectivity index (χ3v) is 2.81. The molecule has 0 atom stereocenters. The zero-order chi connectivity index (χ0) is 12.5. The van der Waals surface area contributed by atoms with Crippen LogP contribution in [0.4, 0.5) is 4.39 Å². The van der Waals surface area contributed by atoms with Crippen LogP contribution in [0, 0.1) is 5.82 Å². The van der Waals surface area contributed by atoms with Crippen molar-refractivity contribution in [1.29, 1.82) is 0 Å². The second-order valence-corrected chi connectivity index (χ2v) is 3.97. The maximum Gasteiger partial charge on any atom is 0.125 e. The number of aromatic nitrogens is 2. The summed E-state index contributed by atoms with van der Waals surface area (Å²) in [6.07, 6.45) is 1.87. The molecule has 0 unspecified atom stereocenters. The Morgan fingerprint density at radius 3 is 2.61 bits per heavy atom. The molecule has 4 heteroatoms. The van der Waals surface area contributed by atoms with Gasteiger partial charge in [0, 0.05) is 17.6 Å². The van der Waals surface area contributed by atoms with Crippen molar-refractivity contribution in [3.8, 4) is 11.4 Å². The van der Waals surface area contributed by atoms with Gasteiger partial charge in [-0.3, -0.25) is 0 Å². The van der Waals surface area contributed by atoms with Crippen molar-refractivity contribution in [2.45, 2.75) is 0 Å². The summed E-state index contributed by atoms with van der Waals surface area (Å²) in [7, 11) is 1.62. The van der Waals surface area contributed by atoms with Gasteiger partial charge in [-0.05, 0) is 36.4 Å². The summed E-state index contributed by atoms with van der Waals surface area (Å²) < 4.78 is 19.9. The molecule has 3 nitrogen and oxygen atoms in total. The summed E-state index contributed by atoms with van der Waals surface area (Å²) in [4.78, 5) is 0. The molecule has 0 spiro atoms. The minimum atomic E-state index is -0.275. The Hall–Kier alpha value is -2.36. The van der Waals surface area contributed by atoms with Crippen LogP contribution in [0.3, 0.4) is 0 Å². The van der Waals surface area contributed by atoms with Crippen molar-refractivity contribution in [3.63, 3.8) is 0 Å². The quantitative estimate of drug-likeness (QED) is 0.690. The highest BCUT2D eigenvalue weighted by molar-refractivity contribution is 5.78. The minimum absolute atomic E-state index is 0.275. The predicted molar refractivity (Wildman–Crippen MR) is 67.6 cm³/mol. The first-order chi connectivity index (χ1) is 8.76. The van der Waals surface area contributed by atoms with E-state index in [2.05, 4.69) is 5.10 Å². The molecule has 0 bridgehead atoms. The average molecular weight is 242 g/mol. The van der Waals surface area contributed by atoms with Gasteiger partial charge in [-0.25, -0.2) is 9.07 Å². The van der Waals surface area contributed by atoms with Crippen molar-refractivity contribution in [2.75, 3.05) is 7.11 Å². The maximum atomic E-state index is 13.1. The number of halogens is 1. The van der Waals surface area contributed by atoms with Gasteiger partial charge in [0.25, 0.3) is 0 Å². The van der Waals surface area contributed by atoms with E-state index in [9.17, 15) is 4.39 Å². The average Bonchev–Trinajstić information content (AvgIpc) is 2.81. The Morgan fingerprint density at radius 1 is 1.11 bits per heavy atom. The lowest BCUT2D eigenvalue weighted by Gasteiger charge is -2.02. The van der Waals surface area contributed by atoms with E-state index in [0.29, 0.717) is 5.52 Å². The molecule has 0 radical (unpaired) electrons. The topological polar surface area (TPSA) is 27.1 Å². The normalized spacial score (nSPS) is 10.8. The van der Waals surface area contributed by atoms with Crippen LogP contribution in [0.25, 0.3) is 16.6 Å². The number of hydrogen-bond acceptors (Lipinski definition) is 2. The van der Waals surface area contributed by atoms with Crippen LogP contribution in [-0.4, -0.2) is 16.9 Å². The molecule has 0 N–H and O–H groups in total. The van der Waals surface area contributed by atoms with Crippen molar-refractivity contribution >= 4 is 10.9 Å². The zero-order valence-corrected chi connectivity index (χ0v) is 9.80. The minimum Gasteiger partial charge on any atom is -0.497 e. The van der Waals surface area contributed by atoms with Crippen LogP contribution in [0.2, 0.25) is 0 Å². The molecule has 0 fully saturated rings. The van der Waals surface area contributed by atoms with E-state index >= 15 is 0 Å². The lowest BCUT2D eigenvalue weighted by molar-refractivity contribution is 0.414. The molecule has 0 aliphatic carbocycles. The number of ether oxygens (including phenoxy) is 1. The molecular weight excluding hydrogens is 231 g/mol. The summed E-state index contributed by atoms with van der Waals surface area (Å²) in [6, 6.07) is 12.1. The Balaban J connectivity index is 2.07. The van der Waals surface area contributed by atoms with Gasteiger partial charge < -0.3 is 4.74 Å². The summed E-state index contributed by atoms with van der Waals surface area (Å²) in [5.41, 5.74) is 1.55. The first kappa shape index (κ1) is 10.8. The third-order valence-electron chi connectivity index (χ3n) is 2.81.